The number of imide groups is 1. The van der Waals surface area contributed by atoms with E-state index in [9.17, 15) is 14.4 Å². The van der Waals surface area contributed by atoms with Crippen molar-refractivity contribution >= 4 is 34.3 Å². The van der Waals surface area contributed by atoms with Gasteiger partial charge in [0.25, 0.3) is 0 Å². The predicted molar refractivity (Wildman–Crippen MR) is 72.2 cm³/mol. The van der Waals surface area contributed by atoms with Crippen LogP contribution in [0.25, 0.3) is 0 Å². The van der Waals surface area contributed by atoms with Gasteiger partial charge < -0.3 is 10.1 Å². The number of amides is 2. The molecular formula is C12H15N3O4S. The second kappa shape index (κ2) is 6.47. The second-order valence-electron chi connectivity index (χ2n) is 4.27. The van der Waals surface area contributed by atoms with Crippen molar-refractivity contribution in [3.8, 4) is 0 Å². The molecule has 2 heterocycles. The molecule has 0 saturated carbocycles. The highest BCUT2D eigenvalue weighted by molar-refractivity contribution is 7.13. The van der Waals surface area contributed by atoms with Gasteiger partial charge in [-0.3, -0.25) is 19.7 Å². The van der Waals surface area contributed by atoms with Gasteiger partial charge in [-0.25, -0.2) is 4.98 Å². The molecule has 0 radical (unpaired) electrons. The summed E-state index contributed by atoms with van der Waals surface area (Å²) in [4.78, 5) is 38.2. The number of thiazole rings is 1. The maximum absolute atomic E-state index is 11.6. The third-order valence-electron chi connectivity index (χ3n) is 2.72. The normalized spacial score (nSPS) is 18.6. The van der Waals surface area contributed by atoms with Crippen molar-refractivity contribution in [3.63, 3.8) is 0 Å². The quantitative estimate of drug-likeness (QED) is 0.605. The van der Waals surface area contributed by atoms with Crippen LogP contribution in [0.4, 0.5) is 5.13 Å². The van der Waals surface area contributed by atoms with E-state index in [0.717, 1.165) is 0 Å². The van der Waals surface area contributed by atoms with Crippen LogP contribution >= 0.6 is 11.3 Å². The van der Waals surface area contributed by atoms with Crippen LogP contribution in [0.15, 0.2) is 5.38 Å². The van der Waals surface area contributed by atoms with Crippen molar-refractivity contribution in [1.82, 2.24) is 10.3 Å². The Bertz CT molecular complexity index is 529. The Labute approximate surface area is 119 Å². The molecule has 0 aliphatic carbocycles. The number of ether oxygens (including phenoxy) is 1. The van der Waals surface area contributed by atoms with Crippen LogP contribution < -0.4 is 10.6 Å². The van der Waals surface area contributed by atoms with Gasteiger partial charge in [-0.1, -0.05) is 0 Å². The van der Waals surface area contributed by atoms with Gasteiger partial charge in [-0.2, -0.15) is 0 Å². The molecule has 0 aromatic carbocycles. The molecule has 1 aromatic rings. The number of hydrogen-bond donors (Lipinski definition) is 2. The van der Waals surface area contributed by atoms with Crippen molar-refractivity contribution in [2.24, 2.45) is 0 Å². The second-order valence-corrected chi connectivity index (χ2v) is 5.13. The molecule has 2 amide bonds. The summed E-state index contributed by atoms with van der Waals surface area (Å²) < 4.78 is 4.84. The lowest BCUT2D eigenvalue weighted by atomic mass is 10.1. The fourth-order valence-electron chi connectivity index (χ4n) is 1.79. The first-order chi connectivity index (χ1) is 9.58. The van der Waals surface area contributed by atoms with Gasteiger partial charge in [0.15, 0.2) is 5.13 Å². The smallest absolute Gasteiger partial charge is 0.311 e. The Hall–Kier alpha value is -1.96. The maximum atomic E-state index is 11.6. The molecule has 1 fully saturated rings. The zero-order valence-corrected chi connectivity index (χ0v) is 11.8. The zero-order chi connectivity index (χ0) is 14.5. The van der Waals surface area contributed by atoms with E-state index in [1.165, 1.54) is 11.3 Å². The van der Waals surface area contributed by atoms with Crippen molar-refractivity contribution in [2.45, 2.75) is 32.2 Å². The molecule has 7 nitrogen and oxygen atoms in total. The number of nitrogens with zero attached hydrogens (tertiary/aromatic N) is 1. The topological polar surface area (TPSA) is 97.4 Å². The molecule has 1 saturated heterocycles. The van der Waals surface area contributed by atoms with Crippen LogP contribution in [0.1, 0.15) is 25.5 Å². The van der Waals surface area contributed by atoms with Gasteiger partial charge >= 0.3 is 5.97 Å². The van der Waals surface area contributed by atoms with Crippen LogP contribution in [0.3, 0.4) is 0 Å². The summed E-state index contributed by atoms with van der Waals surface area (Å²) in [5, 5.41) is 7.53. The van der Waals surface area contributed by atoms with Crippen molar-refractivity contribution < 1.29 is 19.1 Å². The number of aromatic nitrogens is 1. The van der Waals surface area contributed by atoms with Crippen molar-refractivity contribution in [2.75, 3.05) is 11.9 Å². The summed E-state index contributed by atoms with van der Waals surface area (Å²) in [5.74, 6) is -0.927. The van der Waals surface area contributed by atoms with Crippen LogP contribution in [-0.4, -0.2) is 35.4 Å². The summed E-state index contributed by atoms with van der Waals surface area (Å²) in [5.41, 5.74) is 0.600. The van der Waals surface area contributed by atoms with Gasteiger partial charge in [0.05, 0.1) is 18.7 Å². The standard InChI is InChI=1S/C12H15N3O4S/c1-2-19-10(17)5-7-6-20-12(13-7)14-8-3-4-9(16)15-11(8)18/h6,8H,2-5H2,1H3,(H,13,14)(H,15,16,18). The number of esters is 1. The largest absolute Gasteiger partial charge is 0.466 e. The van der Waals surface area contributed by atoms with Crippen LogP contribution in [0.2, 0.25) is 0 Å². The average molecular weight is 297 g/mol. The molecule has 1 atom stereocenters. The van der Waals surface area contributed by atoms with Gasteiger partial charge in [-0.15, -0.1) is 11.3 Å². The number of carbonyl (C=O) groups is 3. The molecule has 8 heteroatoms. The number of hydrogen-bond acceptors (Lipinski definition) is 7. The van der Waals surface area contributed by atoms with Crippen molar-refractivity contribution in [3.05, 3.63) is 11.1 Å². The van der Waals surface area contributed by atoms with Crippen LogP contribution in [-0.2, 0) is 25.5 Å². The molecule has 108 valence electrons. The molecule has 1 unspecified atom stereocenters. The van der Waals surface area contributed by atoms with Gasteiger partial charge in [0.2, 0.25) is 11.8 Å². The van der Waals surface area contributed by atoms with Gasteiger partial charge in [-0.05, 0) is 13.3 Å². The molecule has 1 aliphatic heterocycles. The molecule has 1 aliphatic rings. The zero-order valence-electron chi connectivity index (χ0n) is 11.0. The third-order valence-corrected chi connectivity index (χ3v) is 3.54. The van der Waals surface area contributed by atoms with E-state index in [1.807, 2.05) is 0 Å². The number of piperidine rings is 1. The Morgan fingerprint density at radius 3 is 3.10 bits per heavy atom. The van der Waals surface area contributed by atoms with Gasteiger partial charge in [0.1, 0.15) is 6.04 Å². The lowest BCUT2D eigenvalue weighted by Gasteiger charge is -2.21. The maximum Gasteiger partial charge on any atom is 0.311 e. The van der Waals surface area contributed by atoms with E-state index in [0.29, 0.717) is 30.3 Å². The summed E-state index contributed by atoms with van der Waals surface area (Å²) in [6.07, 6.45) is 0.864. The van der Waals surface area contributed by atoms with Crippen molar-refractivity contribution in [1.29, 1.82) is 0 Å². The molecule has 0 spiro atoms. The summed E-state index contributed by atoms with van der Waals surface area (Å²) in [7, 11) is 0. The first kappa shape index (κ1) is 14.4. The first-order valence-electron chi connectivity index (χ1n) is 6.28. The average Bonchev–Trinajstić information content (AvgIpc) is 2.80. The van der Waals surface area contributed by atoms with Crippen LogP contribution in [0, 0.1) is 0 Å². The molecule has 0 bridgehead atoms. The monoisotopic (exact) mass is 297 g/mol. The number of nitrogens with one attached hydrogen (secondary N) is 2. The summed E-state index contributed by atoms with van der Waals surface area (Å²) in [6, 6.07) is -0.464. The Morgan fingerprint density at radius 1 is 1.60 bits per heavy atom. The summed E-state index contributed by atoms with van der Waals surface area (Å²) in [6.45, 7) is 2.08. The molecule has 2 N–H and O–H groups in total. The third kappa shape index (κ3) is 3.77. The number of anilines is 1. The molecule has 2 rings (SSSR count). The summed E-state index contributed by atoms with van der Waals surface area (Å²) >= 11 is 1.31. The van der Waals surface area contributed by atoms with Gasteiger partial charge in [0, 0.05) is 11.8 Å². The Balaban J connectivity index is 1.91. The highest BCUT2D eigenvalue weighted by Crippen LogP contribution is 2.19. The number of carbonyl (C=O) groups excluding carboxylic acids is 3. The minimum atomic E-state index is -0.464. The SMILES string of the molecule is CCOC(=O)Cc1csc(NC2CCC(=O)NC2=O)n1. The van der Waals surface area contributed by atoms with E-state index in [2.05, 4.69) is 15.6 Å². The lowest BCUT2D eigenvalue weighted by Crippen LogP contribution is -2.47. The Morgan fingerprint density at radius 2 is 2.40 bits per heavy atom. The minimum Gasteiger partial charge on any atom is -0.466 e. The number of rotatable bonds is 5. The van der Waals surface area contributed by atoms with Crippen LogP contribution in [0.5, 0.6) is 0 Å². The van der Waals surface area contributed by atoms with E-state index < -0.39 is 6.04 Å². The fourth-order valence-corrected chi connectivity index (χ4v) is 2.56. The minimum absolute atomic E-state index is 0.112. The first-order valence-corrected chi connectivity index (χ1v) is 7.16. The van der Waals surface area contributed by atoms with E-state index in [4.69, 9.17) is 4.74 Å². The fraction of sp³-hybridized carbons (Fsp3) is 0.500. The molecule has 20 heavy (non-hydrogen) atoms. The highest BCUT2D eigenvalue weighted by atomic mass is 32.1. The van der Waals surface area contributed by atoms with E-state index >= 15 is 0 Å². The van der Waals surface area contributed by atoms with E-state index in [-0.39, 0.29) is 24.2 Å². The lowest BCUT2D eigenvalue weighted by molar-refractivity contribution is -0.142. The molecular weight excluding hydrogens is 282 g/mol. The molecule has 1 aromatic heterocycles. The Kier molecular flexibility index (Phi) is 4.67. The predicted octanol–water partition coefficient (Wildman–Crippen LogP) is 0.466. The van der Waals surface area contributed by atoms with E-state index in [1.54, 1.807) is 12.3 Å². The highest BCUT2D eigenvalue weighted by Gasteiger charge is 2.27.